The summed E-state index contributed by atoms with van der Waals surface area (Å²) in [7, 11) is 0. The number of carboxylic acids is 1. The van der Waals surface area contributed by atoms with Gasteiger partial charge in [-0.1, -0.05) is 12.8 Å². The molecule has 15 heavy (non-hydrogen) atoms. The van der Waals surface area contributed by atoms with Crippen molar-refractivity contribution in [3.8, 4) is 0 Å². The molecule has 2 N–H and O–H groups in total. The van der Waals surface area contributed by atoms with Gasteiger partial charge in [-0.15, -0.1) is 12.4 Å². The molecule has 0 aromatic carbocycles. The maximum absolute atomic E-state index is 11.1. The summed E-state index contributed by atoms with van der Waals surface area (Å²) < 4.78 is 0. The van der Waals surface area contributed by atoms with Gasteiger partial charge >= 0.3 is 5.97 Å². The fraction of sp³-hybridized carbons (Fsp3) is 0.909. The van der Waals surface area contributed by atoms with E-state index in [-0.39, 0.29) is 24.0 Å². The molecule has 1 saturated heterocycles. The number of carbonyl (C=O) groups is 1. The van der Waals surface area contributed by atoms with Crippen molar-refractivity contribution in [1.29, 1.82) is 0 Å². The Labute approximate surface area is 97.0 Å². The Kier molecular flexibility index (Phi) is 3.67. The zero-order valence-corrected chi connectivity index (χ0v) is 10.1. The van der Waals surface area contributed by atoms with E-state index in [0.29, 0.717) is 11.8 Å². The van der Waals surface area contributed by atoms with Gasteiger partial charge in [0.15, 0.2) is 0 Å². The molecule has 0 radical (unpaired) electrons. The molecule has 0 aromatic heterocycles. The first kappa shape index (κ1) is 12.8. The van der Waals surface area contributed by atoms with Crippen LogP contribution in [0.3, 0.4) is 0 Å². The Balaban J connectivity index is 0.00000112. The van der Waals surface area contributed by atoms with Crippen LogP contribution in [0.4, 0.5) is 0 Å². The lowest BCUT2D eigenvalue weighted by Crippen LogP contribution is -2.43. The zero-order valence-electron chi connectivity index (χ0n) is 9.32. The van der Waals surface area contributed by atoms with Crippen LogP contribution < -0.4 is 5.32 Å². The Morgan fingerprint density at radius 1 is 1.33 bits per heavy atom. The number of halogens is 1. The van der Waals surface area contributed by atoms with Crippen molar-refractivity contribution in [2.24, 2.45) is 11.8 Å². The van der Waals surface area contributed by atoms with Gasteiger partial charge in [0, 0.05) is 5.54 Å². The number of fused-ring (bicyclic) bond motifs is 1. The smallest absolute Gasteiger partial charge is 0.321 e. The minimum absolute atomic E-state index is 0. The fourth-order valence-corrected chi connectivity index (χ4v) is 3.31. The van der Waals surface area contributed by atoms with Gasteiger partial charge < -0.3 is 5.11 Å². The minimum Gasteiger partial charge on any atom is -0.480 e. The van der Waals surface area contributed by atoms with Crippen LogP contribution in [0.25, 0.3) is 0 Å². The van der Waals surface area contributed by atoms with Crippen LogP contribution in [0.15, 0.2) is 0 Å². The van der Waals surface area contributed by atoms with E-state index in [9.17, 15) is 4.79 Å². The average molecular weight is 234 g/mol. The van der Waals surface area contributed by atoms with E-state index in [1.807, 2.05) is 0 Å². The molecular weight excluding hydrogens is 214 g/mol. The Morgan fingerprint density at radius 3 is 2.53 bits per heavy atom. The van der Waals surface area contributed by atoms with Gasteiger partial charge in [-0.25, -0.2) is 0 Å². The first-order chi connectivity index (χ1) is 6.52. The van der Waals surface area contributed by atoms with Crippen molar-refractivity contribution >= 4 is 18.4 Å². The number of hydrogen-bond acceptors (Lipinski definition) is 2. The molecule has 1 saturated carbocycles. The average Bonchev–Trinajstić information content (AvgIpc) is 2.40. The topological polar surface area (TPSA) is 49.3 Å². The van der Waals surface area contributed by atoms with Gasteiger partial charge in [0.2, 0.25) is 0 Å². The summed E-state index contributed by atoms with van der Waals surface area (Å²) in [6.07, 6.45) is 4.73. The minimum atomic E-state index is -0.674. The second-order valence-electron chi connectivity index (χ2n) is 5.24. The van der Waals surface area contributed by atoms with Gasteiger partial charge in [-0.2, -0.15) is 0 Å². The lowest BCUT2D eigenvalue weighted by Gasteiger charge is -2.33. The van der Waals surface area contributed by atoms with Gasteiger partial charge in [0.1, 0.15) is 6.04 Å². The maximum Gasteiger partial charge on any atom is 0.321 e. The SMILES string of the molecule is CC1(C)NC(C(=O)O)C2CCCCC21.Cl. The summed E-state index contributed by atoms with van der Waals surface area (Å²) in [4.78, 5) is 11.1. The molecule has 3 nitrogen and oxygen atoms in total. The highest BCUT2D eigenvalue weighted by Gasteiger charge is 2.50. The third-order valence-electron chi connectivity index (χ3n) is 3.97. The number of aliphatic carboxylic acids is 1. The van der Waals surface area contributed by atoms with Gasteiger partial charge in [-0.3, -0.25) is 10.1 Å². The maximum atomic E-state index is 11.1. The molecule has 3 unspecified atom stereocenters. The quantitative estimate of drug-likeness (QED) is 0.729. The largest absolute Gasteiger partial charge is 0.480 e. The summed E-state index contributed by atoms with van der Waals surface area (Å²) in [5, 5.41) is 12.4. The van der Waals surface area contributed by atoms with Crippen molar-refractivity contribution in [1.82, 2.24) is 5.32 Å². The molecule has 1 aliphatic heterocycles. The number of nitrogens with one attached hydrogen (secondary N) is 1. The molecule has 88 valence electrons. The van der Waals surface area contributed by atoms with E-state index in [1.165, 1.54) is 19.3 Å². The van der Waals surface area contributed by atoms with Crippen molar-refractivity contribution in [2.75, 3.05) is 0 Å². The number of hydrogen-bond donors (Lipinski definition) is 2. The molecule has 2 aliphatic rings. The van der Waals surface area contributed by atoms with Crippen LogP contribution in [-0.4, -0.2) is 22.7 Å². The summed E-state index contributed by atoms with van der Waals surface area (Å²) in [6.45, 7) is 4.28. The molecule has 1 heterocycles. The van der Waals surface area contributed by atoms with Crippen LogP contribution in [0.1, 0.15) is 39.5 Å². The molecule has 0 aromatic rings. The first-order valence-electron chi connectivity index (χ1n) is 5.53. The predicted octanol–water partition coefficient (Wildman–Crippen LogP) is 2.05. The van der Waals surface area contributed by atoms with Crippen LogP contribution in [0.5, 0.6) is 0 Å². The predicted molar refractivity (Wildman–Crippen MR) is 61.3 cm³/mol. The highest BCUT2D eigenvalue weighted by Crippen LogP contribution is 2.44. The van der Waals surface area contributed by atoms with Crippen LogP contribution in [-0.2, 0) is 4.79 Å². The first-order valence-corrected chi connectivity index (χ1v) is 5.53. The molecule has 3 atom stereocenters. The fourth-order valence-electron chi connectivity index (χ4n) is 3.31. The van der Waals surface area contributed by atoms with E-state index >= 15 is 0 Å². The van der Waals surface area contributed by atoms with Crippen molar-refractivity contribution < 1.29 is 9.90 Å². The summed E-state index contributed by atoms with van der Waals surface area (Å²) in [6, 6.07) is -0.310. The van der Waals surface area contributed by atoms with E-state index in [4.69, 9.17) is 5.11 Å². The standard InChI is InChI=1S/C11H19NO2.ClH/c1-11(2)8-6-4-3-5-7(8)9(12-11)10(13)14;/h7-9,12H,3-6H2,1-2H3,(H,13,14);1H. The molecule has 0 amide bonds. The molecule has 1 aliphatic carbocycles. The lowest BCUT2D eigenvalue weighted by atomic mass is 9.72. The third kappa shape index (κ3) is 2.13. The van der Waals surface area contributed by atoms with E-state index < -0.39 is 5.97 Å². The number of carboxylic acid groups (broad SMARTS) is 1. The van der Waals surface area contributed by atoms with Gasteiger partial charge in [0.05, 0.1) is 0 Å². The van der Waals surface area contributed by atoms with Gasteiger partial charge in [-0.05, 0) is 38.5 Å². The monoisotopic (exact) mass is 233 g/mol. The third-order valence-corrected chi connectivity index (χ3v) is 3.97. The Hall–Kier alpha value is -0.280. The second-order valence-corrected chi connectivity index (χ2v) is 5.24. The molecule has 0 spiro atoms. The Bertz CT molecular complexity index is 255. The summed E-state index contributed by atoms with van der Waals surface area (Å²) >= 11 is 0. The lowest BCUT2D eigenvalue weighted by molar-refractivity contribution is -0.140. The Morgan fingerprint density at radius 2 is 1.93 bits per heavy atom. The zero-order chi connectivity index (χ0) is 10.3. The summed E-state index contributed by atoms with van der Waals surface area (Å²) in [5.74, 6) is 0.237. The molecule has 0 bridgehead atoms. The van der Waals surface area contributed by atoms with E-state index in [0.717, 1.165) is 6.42 Å². The molecular formula is C11H20ClNO2. The highest BCUT2D eigenvalue weighted by atomic mass is 35.5. The molecule has 4 heteroatoms. The molecule has 2 rings (SSSR count). The number of rotatable bonds is 1. The van der Waals surface area contributed by atoms with Crippen LogP contribution >= 0.6 is 12.4 Å². The van der Waals surface area contributed by atoms with E-state index in [2.05, 4.69) is 19.2 Å². The summed E-state index contributed by atoms with van der Waals surface area (Å²) in [5.41, 5.74) is 0.00808. The molecule has 2 fully saturated rings. The van der Waals surface area contributed by atoms with Crippen LogP contribution in [0, 0.1) is 11.8 Å². The van der Waals surface area contributed by atoms with Crippen molar-refractivity contribution in [3.63, 3.8) is 0 Å². The second kappa shape index (κ2) is 4.30. The van der Waals surface area contributed by atoms with Crippen molar-refractivity contribution in [3.05, 3.63) is 0 Å². The van der Waals surface area contributed by atoms with E-state index in [1.54, 1.807) is 0 Å². The van der Waals surface area contributed by atoms with Crippen LogP contribution in [0.2, 0.25) is 0 Å². The van der Waals surface area contributed by atoms with Crippen molar-refractivity contribution in [2.45, 2.75) is 51.1 Å². The highest BCUT2D eigenvalue weighted by molar-refractivity contribution is 5.85. The normalized spacial score (nSPS) is 37.9. The van der Waals surface area contributed by atoms with Gasteiger partial charge in [0.25, 0.3) is 0 Å².